The van der Waals surface area contributed by atoms with Gasteiger partial charge in [0.1, 0.15) is 0 Å². The van der Waals surface area contributed by atoms with Gasteiger partial charge in [-0.1, -0.05) is 32.0 Å². The van der Waals surface area contributed by atoms with Gasteiger partial charge in [0.05, 0.1) is 23.1 Å². The lowest BCUT2D eigenvalue weighted by molar-refractivity contribution is -0.385. The Hall–Kier alpha value is -3.79. The number of thiocarbonyl (C=S) groups is 1. The summed E-state index contributed by atoms with van der Waals surface area (Å²) in [4.78, 5) is 38.2. The lowest BCUT2D eigenvalue weighted by atomic mass is 9.94. The third-order valence-corrected chi connectivity index (χ3v) is 6.06. The van der Waals surface area contributed by atoms with Crippen molar-refractivity contribution in [3.63, 3.8) is 0 Å². The molecule has 10 heteroatoms. The second-order valence-electron chi connectivity index (χ2n) is 8.77. The lowest BCUT2D eigenvalue weighted by Crippen LogP contribution is -2.46. The van der Waals surface area contributed by atoms with E-state index in [2.05, 4.69) is 10.6 Å². The van der Waals surface area contributed by atoms with Crippen LogP contribution in [0.5, 0.6) is 0 Å². The summed E-state index contributed by atoms with van der Waals surface area (Å²) >= 11 is 5.44. The Labute approximate surface area is 209 Å². The molecule has 0 bridgehead atoms. The Bertz CT molecular complexity index is 1220. The summed E-state index contributed by atoms with van der Waals surface area (Å²) in [6.07, 6.45) is 0. The quantitative estimate of drug-likeness (QED) is 0.249. The predicted molar refractivity (Wildman–Crippen MR) is 137 cm³/mol. The number of ether oxygens (including phenoxy) is 1. The number of carbonyl (C=O) groups is 2. The summed E-state index contributed by atoms with van der Waals surface area (Å²) in [6, 6.07) is 10.7. The van der Waals surface area contributed by atoms with E-state index in [4.69, 9.17) is 17.0 Å². The molecule has 184 valence electrons. The van der Waals surface area contributed by atoms with Crippen molar-refractivity contribution in [2.45, 2.75) is 33.7 Å². The Balaban J connectivity index is 1.90. The zero-order valence-electron chi connectivity index (χ0n) is 20.2. The normalized spacial score (nSPS) is 15.7. The maximum Gasteiger partial charge on any atom is 0.338 e. The molecular formula is C25H28N4O5S. The number of anilines is 1. The molecule has 9 nitrogen and oxygen atoms in total. The van der Waals surface area contributed by atoms with Gasteiger partial charge in [-0.3, -0.25) is 14.9 Å². The molecule has 1 aliphatic rings. The van der Waals surface area contributed by atoms with Crippen LogP contribution < -0.4 is 10.6 Å². The molecule has 3 rings (SSSR count). The van der Waals surface area contributed by atoms with Crippen molar-refractivity contribution in [1.82, 2.24) is 10.2 Å². The predicted octanol–water partition coefficient (Wildman–Crippen LogP) is 4.49. The van der Waals surface area contributed by atoms with Crippen LogP contribution in [0.1, 0.15) is 48.3 Å². The zero-order valence-corrected chi connectivity index (χ0v) is 21.1. The van der Waals surface area contributed by atoms with E-state index in [1.165, 1.54) is 18.2 Å². The minimum Gasteiger partial charge on any atom is -0.462 e. The summed E-state index contributed by atoms with van der Waals surface area (Å²) in [7, 11) is 1.77. The van der Waals surface area contributed by atoms with Gasteiger partial charge in [0, 0.05) is 35.6 Å². The molecule has 0 radical (unpaired) electrons. The van der Waals surface area contributed by atoms with E-state index in [-0.39, 0.29) is 23.8 Å². The van der Waals surface area contributed by atoms with Gasteiger partial charge in [-0.2, -0.15) is 0 Å². The highest BCUT2D eigenvalue weighted by Gasteiger charge is 2.33. The highest BCUT2D eigenvalue weighted by atomic mass is 32.1. The number of amides is 1. The van der Waals surface area contributed by atoms with Crippen molar-refractivity contribution >= 4 is 40.6 Å². The number of allylic oxidation sites excluding steroid dienone is 1. The van der Waals surface area contributed by atoms with Crippen LogP contribution in [-0.2, 0) is 9.53 Å². The molecule has 1 amide bonds. The molecular weight excluding hydrogens is 468 g/mol. The highest BCUT2D eigenvalue weighted by molar-refractivity contribution is 7.80. The third-order valence-electron chi connectivity index (χ3n) is 5.67. The van der Waals surface area contributed by atoms with E-state index in [1.54, 1.807) is 37.1 Å². The fourth-order valence-corrected chi connectivity index (χ4v) is 3.87. The van der Waals surface area contributed by atoms with Crippen molar-refractivity contribution in [2.24, 2.45) is 5.92 Å². The molecule has 0 aromatic heterocycles. The minimum atomic E-state index is -0.573. The number of nitrogens with zero attached hydrogens (tertiary/aromatic N) is 2. The molecule has 2 aromatic carbocycles. The summed E-state index contributed by atoms with van der Waals surface area (Å²) in [5.41, 5.74) is 2.78. The largest absolute Gasteiger partial charge is 0.462 e. The van der Waals surface area contributed by atoms with E-state index in [0.29, 0.717) is 33.2 Å². The Kier molecular flexibility index (Phi) is 7.85. The van der Waals surface area contributed by atoms with Crippen LogP contribution in [-0.4, -0.2) is 40.5 Å². The number of benzene rings is 2. The fraction of sp³-hybridized carbons (Fsp3) is 0.320. The van der Waals surface area contributed by atoms with Crippen molar-refractivity contribution in [2.75, 3.05) is 19.0 Å². The Morgan fingerprint density at radius 1 is 1.23 bits per heavy atom. The standard InChI is InChI=1S/C25H28N4O5S/c1-14(2)13-34-24(31)21-16(4)28(5)25(35)27-22(21)17-7-6-8-19(11-17)26-23(30)18-10-9-15(3)20(12-18)29(32)33/h6-12,14,22H,13H2,1-5H3,(H,26,30)(H,27,35). The molecule has 1 aliphatic heterocycles. The second-order valence-corrected chi connectivity index (χ2v) is 9.16. The number of aryl methyl sites for hydroxylation is 1. The second kappa shape index (κ2) is 10.6. The van der Waals surface area contributed by atoms with Gasteiger partial charge < -0.3 is 20.3 Å². The number of nitro groups is 1. The van der Waals surface area contributed by atoms with Gasteiger partial charge in [-0.05, 0) is 55.7 Å². The average molecular weight is 497 g/mol. The van der Waals surface area contributed by atoms with Crippen LogP contribution >= 0.6 is 12.2 Å². The molecule has 1 heterocycles. The van der Waals surface area contributed by atoms with Gasteiger partial charge in [0.25, 0.3) is 11.6 Å². The molecule has 0 spiro atoms. The fourth-order valence-electron chi connectivity index (χ4n) is 3.62. The topological polar surface area (TPSA) is 114 Å². The van der Waals surface area contributed by atoms with Gasteiger partial charge in [-0.25, -0.2) is 4.79 Å². The lowest BCUT2D eigenvalue weighted by Gasteiger charge is -2.35. The molecule has 1 atom stereocenters. The highest BCUT2D eigenvalue weighted by Crippen LogP contribution is 2.32. The molecule has 35 heavy (non-hydrogen) atoms. The first-order valence-corrected chi connectivity index (χ1v) is 11.5. The van der Waals surface area contributed by atoms with Crippen LogP contribution in [0.3, 0.4) is 0 Å². The first-order chi connectivity index (χ1) is 16.5. The molecule has 0 saturated carbocycles. The van der Waals surface area contributed by atoms with Gasteiger partial charge in [0.2, 0.25) is 0 Å². The van der Waals surface area contributed by atoms with E-state index in [9.17, 15) is 19.7 Å². The number of carbonyl (C=O) groups excluding carboxylic acids is 2. The zero-order chi connectivity index (χ0) is 25.9. The van der Waals surface area contributed by atoms with Gasteiger partial charge in [0.15, 0.2) is 5.11 Å². The minimum absolute atomic E-state index is 0.124. The van der Waals surface area contributed by atoms with Crippen LogP contribution in [0.2, 0.25) is 0 Å². The summed E-state index contributed by atoms with van der Waals surface area (Å²) in [5, 5.41) is 17.6. The summed E-state index contributed by atoms with van der Waals surface area (Å²) in [5.74, 6) is -0.741. The molecule has 2 N–H and O–H groups in total. The van der Waals surface area contributed by atoms with E-state index in [1.807, 2.05) is 26.8 Å². The number of nitro benzene ring substituents is 1. The van der Waals surface area contributed by atoms with Gasteiger partial charge >= 0.3 is 5.97 Å². The monoisotopic (exact) mass is 496 g/mol. The van der Waals surface area contributed by atoms with Crippen LogP contribution in [0.15, 0.2) is 53.7 Å². The van der Waals surface area contributed by atoms with E-state index < -0.39 is 22.8 Å². The number of hydrogen-bond donors (Lipinski definition) is 2. The van der Waals surface area contributed by atoms with Crippen LogP contribution in [0.4, 0.5) is 11.4 Å². The first-order valence-electron chi connectivity index (χ1n) is 11.1. The molecule has 1 unspecified atom stereocenters. The smallest absolute Gasteiger partial charge is 0.338 e. The number of esters is 1. The Morgan fingerprint density at radius 2 is 1.94 bits per heavy atom. The average Bonchev–Trinajstić information content (AvgIpc) is 2.81. The molecule has 2 aromatic rings. The number of hydrogen-bond acceptors (Lipinski definition) is 6. The van der Waals surface area contributed by atoms with E-state index in [0.717, 1.165) is 0 Å². The van der Waals surface area contributed by atoms with Crippen LogP contribution in [0.25, 0.3) is 0 Å². The molecule has 0 fully saturated rings. The van der Waals surface area contributed by atoms with Gasteiger partial charge in [-0.15, -0.1) is 0 Å². The van der Waals surface area contributed by atoms with Crippen molar-refractivity contribution in [1.29, 1.82) is 0 Å². The maximum atomic E-state index is 13.0. The molecule has 0 saturated heterocycles. The molecule has 0 aliphatic carbocycles. The SMILES string of the molecule is CC1=C(C(=O)OCC(C)C)C(c2cccc(NC(=O)c3ccc(C)c([N+](=O)[O-])c3)c2)NC(=S)N1C. The van der Waals surface area contributed by atoms with Crippen molar-refractivity contribution in [3.05, 3.63) is 80.5 Å². The maximum absolute atomic E-state index is 13.0. The van der Waals surface area contributed by atoms with Crippen molar-refractivity contribution < 1.29 is 19.2 Å². The van der Waals surface area contributed by atoms with Crippen LogP contribution in [0, 0.1) is 23.0 Å². The third kappa shape index (κ3) is 5.83. The van der Waals surface area contributed by atoms with Crippen molar-refractivity contribution in [3.8, 4) is 0 Å². The summed E-state index contributed by atoms with van der Waals surface area (Å²) < 4.78 is 5.51. The number of nitrogens with one attached hydrogen (secondary N) is 2. The Morgan fingerprint density at radius 3 is 2.60 bits per heavy atom. The first kappa shape index (κ1) is 25.8. The number of rotatable bonds is 7. The van der Waals surface area contributed by atoms with E-state index >= 15 is 0 Å². The summed E-state index contributed by atoms with van der Waals surface area (Å²) in [6.45, 7) is 7.63.